The van der Waals surface area contributed by atoms with Crippen LogP contribution in [0.5, 0.6) is 0 Å². The third-order valence-corrected chi connectivity index (χ3v) is 5.16. The van der Waals surface area contributed by atoms with Crippen molar-refractivity contribution in [3.05, 3.63) is 0 Å². The molecule has 92 valence electrons. The molecule has 5 heteroatoms. The van der Waals surface area contributed by atoms with E-state index in [9.17, 15) is 15.0 Å². The topological polar surface area (TPSA) is 69.6 Å². The van der Waals surface area contributed by atoms with Crippen molar-refractivity contribution < 1.29 is 15.0 Å². The van der Waals surface area contributed by atoms with Crippen molar-refractivity contribution in [2.24, 2.45) is 5.41 Å². The van der Waals surface area contributed by atoms with Crippen LogP contribution in [0.2, 0.25) is 0 Å². The highest BCUT2D eigenvalue weighted by molar-refractivity contribution is 7.99. The second-order valence-corrected chi connectivity index (χ2v) is 5.96. The Balaban J connectivity index is 2.26. The van der Waals surface area contributed by atoms with Crippen LogP contribution in [0.1, 0.15) is 25.7 Å². The van der Waals surface area contributed by atoms with Gasteiger partial charge in [-0.3, -0.25) is 4.79 Å². The number of hydrogen-bond donors (Lipinski definition) is 3. The highest BCUT2D eigenvalue weighted by Gasteiger charge is 2.56. The number of carbonyl (C=O) groups is 1. The highest BCUT2D eigenvalue weighted by atomic mass is 32.2. The lowest BCUT2D eigenvalue weighted by atomic mass is 9.66. The average molecular weight is 245 g/mol. The number of rotatable bonds is 2. The summed E-state index contributed by atoms with van der Waals surface area (Å²) in [5.41, 5.74) is -2.01. The van der Waals surface area contributed by atoms with E-state index < -0.39 is 17.0 Å². The molecular formula is C11H19NO3S. The quantitative estimate of drug-likeness (QED) is 0.668. The van der Waals surface area contributed by atoms with Crippen molar-refractivity contribution >= 4 is 17.7 Å². The lowest BCUT2D eigenvalue weighted by molar-refractivity contribution is -0.170. The summed E-state index contributed by atoms with van der Waals surface area (Å²) < 4.78 is 0. The van der Waals surface area contributed by atoms with Crippen LogP contribution in [-0.4, -0.2) is 46.4 Å². The molecule has 4 nitrogen and oxygen atoms in total. The summed E-state index contributed by atoms with van der Waals surface area (Å²) in [4.78, 5) is 11.6. The van der Waals surface area contributed by atoms with Gasteiger partial charge in [-0.05, 0) is 38.0 Å². The number of aliphatic hydroxyl groups is 1. The molecule has 0 aromatic carbocycles. The van der Waals surface area contributed by atoms with Gasteiger partial charge in [0.1, 0.15) is 5.41 Å². The lowest BCUT2D eigenvalue weighted by Crippen LogP contribution is -2.62. The molecule has 2 fully saturated rings. The first-order valence-electron chi connectivity index (χ1n) is 5.85. The molecule has 2 rings (SSSR count). The smallest absolute Gasteiger partial charge is 0.313 e. The van der Waals surface area contributed by atoms with Gasteiger partial charge in [0.2, 0.25) is 0 Å². The molecule has 0 saturated carbocycles. The van der Waals surface area contributed by atoms with E-state index in [1.165, 1.54) is 0 Å². The maximum absolute atomic E-state index is 11.6. The minimum absolute atomic E-state index is 0.402. The van der Waals surface area contributed by atoms with Crippen LogP contribution in [-0.2, 0) is 4.79 Å². The minimum atomic E-state index is -1.03. The first-order valence-corrected chi connectivity index (χ1v) is 7.00. The maximum Gasteiger partial charge on any atom is 0.313 e. The van der Waals surface area contributed by atoms with Gasteiger partial charge in [-0.25, -0.2) is 0 Å². The number of carboxylic acids is 1. The molecule has 0 radical (unpaired) electrons. The van der Waals surface area contributed by atoms with Crippen molar-refractivity contribution in [3.63, 3.8) is 0 Å². The molecule has 0 aliphatic carbocycles. The molecule has 3 N–H and O–H groups in total. The van der Waals surface area contributed by atoms with Crippen LogP contribution < -0.4 is 5.32 Å². The zero-order chi connectivity index (χ0) is 11.6. The Morgan fingerprint density at radius 3 is 2.62 bits per heavy atom. The zero-order valence-electron chi connectivity index (χ0n) is 9.37. The van der Waals surface area contributed by atoms with Gasteiger partial charge in [0.15, 0.2) is 0 Å². The van der Waals surface area contributed by atoms with Crippen LogP contribution in [0.3, 0.4) is 0 Å². The van der Waals surface area contributed by atoms with Crippen molar-refractivity contribution in [2.75, 3.05) is 24.6 Å². The van der Waals surface area contributed by atoms with E-state index in [0.717, 1.165) is 25.1 Å². The molecule has 2 unspecified atom stereocenters. The SMILES string of the molecule is O=C(O)C1(C2(O)CCCSC2)CCCNC1. The van der Waals surface area contributed by atoms with E-state index in [4.69, 9.17) is 0 Å². The van der Waals surface area contributed by atoms with Crippen LogP contribution >= 0.6 is 11.8 Å². The summed E-state index contributed by atoms with van der Waals surface area (Å²) in [7, 11) is 0. The second-order valence-electron chi connectivity index (χ2n) is 4.86. The van der Waals surface area contributed by atoms with Gasteiger partial charge in [0.25, 0.3) is 0 Å². The molecule has 2 heterocycles. The van der Waals surface area contributed by atoms with E-state index in [2.05, 4.69) is 5.32 Å². The number of nitrogens with one attached hydrogen (secondary N) is 1. The first-order chi connectivity index (χ1) is 7.61. The summed E-state index contributed by atoms with van der Waals surface area (Å²) >= 11 is 1.67. The summed E-state index contributed by atoms with van der Waals surface area (Å²) in [6.07, 6.45) is 2.95. The molecule has 0 amide bonds. The molecule has 2 atom stereocenters. The molecule has 0 spiro atoms. The van der Waals surface area contributed by atoms with Crippen molar-refractivity contribution in [2.45, 2.75) is 31.3 Å². The van der Waals surface area contributed by atoms with Gasteiger partial charge in [-0.1, -0.05) is 0 Å². The van der Waals surface area contributed by atoms with Crippen molar-refractivity contribution in [1.82, 2.24) is 5.32 Å². The largest absolute Gasteiger partial charge is 0.481 e. The fourth-order valence-corrected chi connectivity index (χ4v) is 4.09. The maximum atomic E-state index is 11.6. The van der Waals surface area contributed by atoms with Crippen molar-refractivity contribution in [1.29, 1.82) is 0 Å². The summed E-state index contributed by atoms with van der Waals surface area (Å²) in [6.45, 7) is 1.26. The zero-order valence-corrected chi connectivity index (χ0v) is 10.2. The summed E-state index contributed by atoms with van der Waals surface area (Å²) in [6, 6.07) is 0. The normalized spacial score (nSPS) is 40.6. The second kappa shape index (κ2) is 4.55. The lowest BCUT2D eigenvalue weighted by Gasteiger charge is -2.48. The van der Waals surface area contributed by atoms with Gasteiger partial charge in [-0.15, -0.1) is 0 Å². The number of piperidine rings is 1. The third-order valence-electron chi connectivity index (χ3n) is 3.90. The van der Waals surface area contributed by atoms with E-state index in [1.807, 2.05) is 0 Å². The number of carboxylic acid groups (broad SMARTS) is 1. The molecule has 2 aliphatic heterocycles. The fraction of sp³-hybridized carbons (Fsp3) is 0.909. The van der Waals surface area contributed by atoms with Crippen molar-refractivity contribution in [3.8, 4) is 0 Å². The molecule has 2 saturated heterocycles. The number of thioether (sulfide) groups is 1. The van der Waals surface area contributed by atoms with E-state index in [1.54, 1.807) is 11.8 Å². The van der Waals surface area contributed by atoms with Crippen LogP contribution in [0.4, 0.5) is 0 Å². The Morgan fingerprint density at radius 1 is 1.31 bits per heavy atom. The van der Waals surface area contributed by atoms with Gasteiger partial charge < -0.3 is 15.5 Å². The number of aliphatic carboxylic acids is 1. The Hall–Kier alpha value is -0.260. The van der Waals surface area contributed by atoms with Gasteiger partial charge in [-0.2, -0.15) is 11.8 Å². The highest BCUT2D eigenvalue weighted by Crippen LogP contribution is 2.45. The third kappa shape index (κ3) is 1.85. The summed E-state index contributed by atoms with van der Waals surface area (Å²) in [5.74, 6) is 0.747. The molecule has 16 heavy (non-hydrogen) atoms. The van der Waals surface area contributed by atoms with Gasteiger partial charge in [0, 0.05) is 12.3 Å². The average Bonchev–Trinajstić information content (AvgIpc) is 2.30. The molecule has 0 aromatic rings. The molecular weight excluding hydrogens is 226 g/mol. The Morgan fingerprint density at radius 2 is 2.12 bits per heavy atom. The summed E-state index contributed by atoms with van der Waals surface area (Å²) in [5, 5.41) is 23.3. The predicted molar refractivity (Wildman–Crippen MR) is 63.7 cm³/mol. The number of hydrogen-bond acceptors (Lipinski definition) is 4. The van der Waals surface area contributed by atoms with Gasteiger partial charge in [0.05, 0.1) is 5.60 Å². The fourth-order valence-electron chi connectivity index (χ4n) is 2.84. The molecule has 0 bridgehead atoms. The van der Waals surface area contributed by atoms with Crippen LogP contribution in [0.15, 0.2) is 0 Å². The van der Waals surface area contributed by atoms with Gasteiger partial charge >= 0.3 is 5.97 Å². The van der Waals surface area contributed by atoms with Crippen LogP contribution in [0.25, 0.3) is 0 Å². The minimum Gasteiger partial charge on any atom is -0.481 e. The first kappa shape index (κ1) is 12.2. The Kier molecular flexibility index (Phi) is 3.47. The standard InChI is InChI=1S/C11H19NO3S/c13-9(14)10(3-1-5-12-7-10)11(15)4-2-6-16-8-11/h12,15H,1-8H2,(H,13,14). The Labute approximate surface area is 99.8 Å². The molecule has 0 aromatic heterocycles. The Bertz CT molecular complexity index is 270. The molecule has 2 aliphatic rings. The van der Waals surface area contributed by atoms with E-state index in [-0.39, 0.29) is 0 Å². The van der Waals surface area contributed by atoms with E-state index >= 15 is 0 Å². The van der Waals surface area contributed by atoms with E-state index in [0.29, 0.717) is 25.1 Å². The van der Waals surface area contributed by atoms with Crippen LogP contribution in [0, 0.1) is 5.41 Å². The monoisotopic (exact) mass is 245 g/mol. The predicted octanol–water partition coefficient (Wildman–Crippen LogP) is 0.699.